The number of nitrogens with zero attached hydrogens (tertiary/aromatic N) is 1. The summed E-state index contributed by atoms with van der Waals surface area (Å²) < 4.78 is 0. The van der Waals surface area contributed by atoms with Crippen molar-refractivity contribution in [3.05, 3.63) is 23.8 Å². The third-order valence-electron chi connectivity index (χ3n) is 4.04. The molecule has 1 saturated carbocycles. The molecule has 1 atom stereocenters. The number of hydrogen-bond acceptors (Lipinski definition) is 3. The zero-order chi connectivity index (χ0) is 12.7. The Hall–Kier alpha value is -1.55. The van der Waals surface area contributed by atoms with Gasteiger partial charge in [-0.05, 0) is 30.9 Å². The van der Waals surface area contributed by atoms with Crippen molar-refractivity contribution in [2.45, 2.75) is 25.4 Å². The number of aliphatic hydroxyl groups excluding tert-OH is 1. The Morgan fingerprint density at radius 1 is 1.44 bits per heavy atom. The number of amides is 1. The fourth-order valence-corrected chi connectivity index (χ4v) is 2.64. The molecule has 18 heavy (non-hydrogen) atoms. The van der Waals surface area contributed by atoms with Crippen LogP contribution in [-0.4, -0.2) is 24.6 Å². The van der Waals surface area contributed by atoms with Gasteiger partial charge in [-0.25, -0.2) is 0 Å². The Balaban J connectivity index is 1.78. The fourth-order valence-electron chi connectivity index (χ4n) is 2.64. The molecule has 96 valence electrons. The van der Waals surface area contributed by atoms with Crippen LogP contribution >= 0.6 is 0 Å². The molecule has 2 N–H and O–H groups in total. The third-order valence-corrected chi connectivity index (χ3v) is 4.04. The highest BCUT2D eigenvalue weighted by molar-refractivity contribution is 6.02. The standard InChI is InChI=1S/C14H18N2O2/c1-16(8-9-3-2-4-9)10-5-6-11-12(7-10)15-14(18)13(11)17/h5-7,9,13,17H,2-4,8H2,1H3,(H,15,18). The van der Waals surface area contributed by atoms with Gasteiger partial charge in [0.1, 0.15) is 0 Å². The van der Waals surface area contributed by atoms with Gasteiger partial charge >= 0.3 is 0 Å². The smallest absolute Gasteiger partial charge is 0.257 e. The lowest BCUT2D eigenvalue weighted by Gasteiger charge is -2.31. The average molecular weight is 246 g/mol. The Kier molecular flexibility index (Phi) is 2.74. The highest BCUT2D eigenvalue weighted by atomic mass is 16.3. The molecule has 0 saturated heterocycles. The van der Waals surface area contributed by atoms with Gasteiger partial charge in [-0.15, -0.1) is 0 Å². The third kappa shape index (κ3) is 1.86. The summed E-state index contributed by atoms with van der Waals surface area (Å²) in [6, 6.07) is 5.76. The predicted octanol–water partition coefficient (Wildman–Crippen LogP) is 1.91. The molecule has 1 unspecified atom stereocenters. The van der Waals surface area contributed by atoms with Crippen molar-refractivity contribution >= 4 is 17.3 Å². The molecule has 0 spiro atoms. The highest BCUT2D eigenvalue weighted by Crippen LogP contribution is 2.34. The molecule has 2 aliphatic rings. The number of fused-ring (bicyclic) bond motifs is 1. The molecule has 4 heteroatoms. The van der Waals surface area contributed by atoms with Crippen LogP contribution in [0.1, 0.15) is 30.9 Å². The first-order chi connectivity index (χ1) is 8.65. The quantitative estimate of drug-likeness (QED) is 0.856. The Bertz CT molecular complexity index is 483. The summed E-state index contributed by atoms with van der Waals surface area (Å²) in [4.78, 5) is 13.6. The van der Waals surface area contributed by atoms with Crippen molar-refractivity contribution in [3.63, 3.8) is 0 Å². The van der Waals surface area contributed by atoms with Crippen molar-refractivity contribution in [2.75, 3.05) is 23.8 Å². The first-order valence-electron chi connectivity index (χ1n) is 6.49. The van der Waals surface area contributed by atoms with Gasteiger partial charge in [-0.2, -0.15) is 0 Å². The van der Waals surface area contributed by atoms with E-state index in [0.717, 1.165) is 23.8 Å². The number of nitrogens with one attached hydrogen (secondary N) is 1. The van der Waals surface area contributed by atoms with Crippen LogP contribution in [0.3, 0.4) is 0 Å². The summed E-state index contributed by atoms with van der Waals surface area (Å²) in [7, 11) is 2.08. The van der Waals surface area contributed by atoms with Gasteiger partial charge in [-0.3, -0.25) is 4.79 Å². The molecule has 0 radical (unpaired) electrons. The number of aliphatic hydroxyl groups is 1. The minimum Gasteiger partial charge on any atom is -0.378 e. The normalized spacial score (nSPS) is 22.3. The van der Waals surface area contributed by atoms with E-state index >= 15 is 0 Å². The number of carbonyl (C=O) groups excluding carboxylic acids is 1. The van der Waals surface area contributed by atoms with Gasteiger partial charge in [0, 0.05) is 30.5 Å². The van der Waals surface area contributed by atoms with E-state index in [4.69, 9.17) is 0 Å². The van der Waals surface area contributed by atoms with Gasteiger partial charge in [0.2, 0.25) is 0 Å². The van der Waals surface area contributed by atoms with Crippen LogP contribution in [0.25, 0.3) is 0 Å². The van der Waals surface area contributed by atoms with Gasteiger partial charge in [-0.1, -0.05) is 12.5 Å². The number of carbonyl (C=O) groups is 1. The molecule has 1 heterocycles. The van der Waals surface area contributed by atoms with E-state index in [1.54, 1.807) is 0 Å². The second-order valence-corrected chi connectivity index (χ2v) is 5.34. The second kappa shape index (κ2) is 4.28. The van der Waals surface area contributed by atoms with E-state index in [1.807, 2.05) is 18.2 Å². The lowest BCUT2D eigenvalue weighted by Crippen LogP contribution is -2.29. The van der Waals surface area contributed by atoms with Crippen LogP contribution < -0.4 is 10.2 Å². The molecule has 0 aromatic heterocycles. The van der Waals surface area contributed by atoms with Crippen LogP contribution in [0, 0.1) is 5.92 Å². The molecule has 1 aliphatic heterocycles. The highest BCUT2D eigenvalue weighted by Gasteiger charge is 2.29. The molecule has 1 aliphatic carbocycles. The molecule has 4 nitrogen and oxygen atoms in total. The van der Waals surface area contributed by atoms with Crippen LogP contribution in [0.15, 0.2) is 18.2 Å². The van der Waals surface area contributed by atoms with E-state index in [1.165, 1.54) is 19.3 Å². The number of anilines is 2. The van der Waals surface area contributed by atoms with Crippen LogP contribution in [-0.2, 0) is 4.79 Å². The fraction of sp³-hybridized carbons (Fsp3) is 0.500. The summed E-state index contributed by atoms with van der Waals surface area (Å²) in [5.74, 6) is 0.479. The van der Waals surface area contributed by atoms with E-state index < -0.39 is 6.10 Å². The van der Waals surface area contributed by atoms with E-state index in [0.29, 0.717) is 5.56 Å². The van der Waals surface area contributed by atoms with Crippen molar-refractivity contribution in [2.24, 2.45) is 5.92 Å². The van der Waals surface area contributed by atoms with Crippen molar-refractivity contribution in [3.8, 4) is 0 Å². The zero-order valence-corrected chi connectivity index (χ0v) is 10.5. The van der Waals surface area contributed by atoms with Gasteiger partial charge in [0.25, 0.3) is 5.91 Å². The van der Waals surface area contributed by atoms with E-state index in [-0.39, 0.29) is 5.91 Å². The first-order valence-corrected chi connectivity index (χ1v) is 6.49. The summed E-state index contributed by atoms with van der Waals surface area (Å²) in [6.07, 6.45) is 2.99. The van der Waals surface area contributed by atoms with Crippen LogP contribution in [0.2, 0.25) is 0 Å². The minimum atomic E-state index is -1.01. The van der Waals surface area contributed by atoms with E-state index in [2.05, 4.69) is 17.3 Å². The molecule has 3 rings (SSSR count). The number of benzene rings is 1. The summed E-state index contributed by atoms with van der Waals surface area (Å²) in [5.41, 5.74) is 2.52. The summed E-state index contributed by atoms with van der Waals surface area (Å²) in [6.45, 7) is 1.06. The lowest BCUT2D eigenvalue weighted by atomic mass is 9.85. The molecule has 1 fully saturated rings. The topological polar surface area (TPSA) is 52.6 Å². The molecule has 1 aromatic rings. The second-order valence-electron chi connectivity index (χ2n) is 5.34. The van der Waals surface area contributed by atoms with Crippen LogP contribution in [0.4, 0.5) is 11.4 Å². The average Bonchev–Trinajstić information content (AvgIpc) is 2.59. The first kappa shape index (κ1) is 11.5. The number of hydrogen-bond donors (Lipinski definition) is 2. The van der Waals surface area contributed by atoms with Crippen molar-refractivity contribution in [1.82, 2.24) is 0 Å². The Morgan fingerprint density at radius 2 is 2.22 bits per heavy atom. The van der Waals surface area contributed by atoms with Gasteiger partial charge < -0.3 is 15.3 Å². The predicted molar refractivity (Wildman–Crippen MR) is 70.6 cm³/mol. The van der Waals surface area contributed by atoms with Crippen molar-refractivity contribution in [1.29, 1.82) is 0 Å². The van der Waals surface area contributed by atoms with Gasteiger partial charge in [0.15, 0.2) is 6.10 Å². The lowest BCUT2D eigenvalue weighted by molar-refractivity contribution is -0.123. The maximum Gasteiger partial charge on any atom is 0.257 e. The monoisotopic (exact) mass is 246 g/mol. The van der Waals surface area contributed by atoms with Crippen molar-refractivity contribution < 1.29 is 9.90 Å². The molecular formula is C14H18N2O2. The maximum atomic E-state index is 11.4. The Labute approximate surface area is 107 Å². The maximum absolute atomic E-state index is 11.4. The Morgan fingerprint density at radius 3 is 2.89 bits per heavy atom. The summed E-state index contributed by atoms with van der Waals surface area (Å²) >= 11 is 0. The largest absolute Gasteiger partial charge is 0.378 e. The number of rotatable bonds is 3. The SMILES string of the molecule is CN(CC1CCC1)c1ccc2c(c1)NC(=O)C2O. The molecule has 0 bridgehead atoms. The van der Waals surface area contributed by atoms with E-state index in [9.17, 15) is 9.90 Å². The zero-order valence-electron chi connectivity index (χ0n) is 10.5. The molecular weight excluding hydrogens is 228 g/mol. The van der Waals surface area contributed by atoms with Gasteiger partial charge in [0.05, 0.1) is 0 Å². The minimum absolute atomic E-state index is 0.330. The molecule has 1 aromatic carbocycles. The summed E-state index contributed by atoms with van der Waals surface area (Å²) in [5, 5.41) is 12.4. The molecule has 1 amide bonds. The van der Waals surface area contributed by atoms with Crippen LogP contribution in [0.5, 0.6) is 0 Å².